The van der Waals surface area contributed by atoms with Gasteiger partial charge < -0.3 is 10.2 Å². The van der Waals surface area contributed by atoms with Gasteiger partial charge in [0.25, 0.3) is 5.91 Å². The van der Waals surface area contributed by atoms with Crippen molar-refractivity contribution in [1.29, 1.82) is 0 Å². The Morgan fingerprint density at radius 2 is 2.14 bits per heavy atom. The van der Waals surface area contributed by atoms with Crippen LogP contribution in [0.4, 0.5) is 8.78 Å². The van der Waals surface area contributed by atoms with Gasteiger partial charge in [-0.25, -0.2) is 0 Å². The van der Waals surface area contributed by atoms with E-state index in [-0.39, 0.29) is 17.5 Å². The fraction of sp³-hybridized carbons (Fsp3) is 0.600. The Hall–Kier alpha value is -1.92. The normalized spacial score (nSPS) is 18.6. The van der Waals surface area contributed by atoms with Crippen molar-refractivity contribution in [1.82, 2.24) is 14.8 Å². The molecule has 1 N–H and O–H groups in total. The van der Waals surface area contributed by atoms with Crippen LogP contribution in [0.3, 0.4) is 0 Å². The van der Waals surface area contributed by atoms with Crippen molar-refractivity contribution in [3.63, 3.8) is 0 Å². The summed E-state index contributed by atoms with van der Waals surface area (Å²) in [5.41, 5.74) is 0.312. The zero-order valence-electron chi connectivity index (χ0n) is 12.8. The first kappa shape index (κ1) is 16.5. The largest absolute Gasteiger partial charge is 0.350 e. The molecule has 1 aromatic rings. The van der Waals surface area contributed by atoms with Crippen molar-refractivity contribution in [2.75, 3.05) is 19.6 Å². The number of nitrogens with one attached hydrogen (secondary N) is 1. The number of aryl methyl sites for hydroxylation is 1. The Balaban J connectivity index is 1.94. The van der Waals surface area contributed by atoms with Gasteiger partial charge in [0, 0.05) is 32.3 Å². The predicted molar refractivity (Wildman–Crippen MR) is 77.7 cm³/mol. The van der Waals surface area contributed by atoms with Gasteiger partial charge in [0.1, 0.15) is 5.69 Å². The van der Waals surface area contributed by atoms with E-state index < -0.39 is 12.5 Å². The van der Waals surface area contributed by atoms with Gasteiger partial charge in [0.15, 0.2) is 0 Å². The van der Waals surface area contributed by atoms with Crippen molar-refractivity contribution in [3.05, 3.63) is 23.5 Å². The first-order valence-electron chi connectivity index (χ1n) is 7.40. The standard InChI is InChI=1S/C15H21F2N3O2/c1-10-5-6-13(20(10)15(16)17)14(22)18-8-12-4-3-7-19(9-12)11(2)21/h5-6,12,15H,3-4,7-9H2,1-2H3,(H,18,22). The lowest BCUT2D eigenvalue weighted by molar-refractivity contribution is -0.130. The molecule has 122 valence electrons. The summed E-state index contributed by atoms with van der Waals surface area (Å²) >= 11 is 0. The molecule has 1 saturated heterocycles. The van der Waals surface area contributed by atoms with Crippen molar-refractivity contribution < 1.29 is 18.4 Å². The number of rotatable bonds is 4. The highest BCUT2D eigenvalue weighted by atomic mass is 19.3. The maximum Gasteiger partial charge on any atom is 0.319 e. The Morgan fingerprint density at radius 1 is 1.41 bits per heavy atom. The molecular formula is C15H21F2N3O2. The van der Waals surface area contributed by atoms with Gasteiger partial charge >= 0.3 is 6.55 Å². The molecule has 1 unspecified atom stereocenters. The second kappa shape index (κ2) is 6.89. The minimum Gasteiger partial charge on any atom is -0.350 e. The zero-order valence-corrected chi connectivity index (χ0v) is 12.8. The fourth-order valence-corrected chi connectivity index (χ4v) is 2.84. The van der Waals surface area contributed by atoms with Crippen molar-refractivity contribution in [2.24, 2.45) is 5.92 Å². The summed E-state index contributed by atoms with van der Waals surface area (Å²) in [6.07, 6.45) is 1.81. The third-order valence-corrected chi connectivity index (χ3v) is 4.07. The van der Waals surface area contributed by atoms with Gasteiger partial charge in [-0.05, 0) is 37.8 Å². The van der Waals surface area contributed by atoms with E-state index in [9.17, 15) is 18.4 Å². The van der Waals surface area contributed by atoms with Crippen molar-refractivity contribution in [2.45, 2.75) is 33.2 Å². The molecule has 0 saturated carbocycles. The van der Waals surface area contributed by atoms with Gasteiger partial charge in [-0.3, -0.25) is 14.2 Å². The lowest BCUT2D eigenvalue weighted by Gasteiger charge is -2.32. The summed E-state index contributed by atoms with van der Waals surface area (Å²) < 4.78 is 26.6. The zero-order chi connectivity index (χ0) is 16.3. The third-order valence-electron chi connectivity index (χ3n) is 4.07. The smallest absolute Gasteiger partial charge is 0.319 e. The highest BCUT2D eigenvalue weighted by Gasteiger charge is 2.23. The second-order valence-corrected chi connectivity index (χ2v) is 5.69. The average Bonchev–Trinajstić information content (AvgIpc) is 2.87. The summed E-state index contributed by atoms with van der Waals surface area (Å²) in [5.74, 6) is -0.316. The Bertz CT molecular complexity index is 557. The van der Waals surface area contributed by atoms with E-state index in [1.807, 2.05) is 0 Å². The van der Waals surface area contributed by atoms with Gasteiger partial charge in [-0.1, -0.05) is 0 Å². The number of hydrogen-bond donors (Lipinski definition) is 1. The highest BCUT2D eigenvalue weighted by Crippen LogP contribution is 2.19. The van der Waals surface area contributed by atoms with Crippen LogP contribution in [0.5, 0.6) is 0 Å². The SMILES string of the molecule is CC(=O)N1CCCC(CNC(=O)c2ccc(C)n2C(F)F)C1. The molecule has 7 heteroatoms. The Morgan fingerprint density at radius 3 is 2.77 bits per heavy atom. The number of likely N-dealkylation sites (tertiary alicyclic amines) is 1. The van der Waals surface area contributed by atoms with Crippen LogP contribution in [0.25, 0.3) is 0 Å². The lowest BCUT2D eigenvalue weighted by atomic mass is 9.98. The molecule has 2 rings (SSSR count). The van der Waals surface area contributed by atoms with Crippen LogP contribution in [0.15, 0.2) is 12.1 Å². The van der Waals surface area contributed by atoms with Crippen molar-refractivity contribution >= 4 is 11.8 Å². The number of nitrogens with zero attached hydrogens (tertiary/aromatic N) is 2. The molecule has 0 bridgehead atoms. The summed E-state index contributed by atoms with van der Waals surface area (Å²) in [6.45, 7) is 2.06. The molecule has 0 aliphatic carbocycles. The van der Waals surface area contributed by atoms with Crippen LogP contribution in [0.1, 0.15) is 42.5 Å². The first-order chi connectivity index (χ1) is 10.4. The van der Waals surface area contributed by atoms with Gasteiger partial charge in [-0.2, -0.15) is 8.78 Å². The number of alkyl halides is 2. The first-order valence-corrected chi connectivity index (χ1v) is 7.40. The van der Waals surface area contributed by atoms with E-state index in [2.05, 4.69) is 5.32 Å². The summed E-state index contributed by atoms with van der Waals surface area (Å²) in [5, 5.41) is 2.71. The molecule has 1 aliphatic heterocycles. The maximum atomic E-state index is 13.0. The van der Waals surface area contributed by atoms with E-state index >= 15 is 0 Å². The number of amides is 2. The van der Waals surface area contributed by atoms with Crippen LogP contribution in [0.2, 0.25) is 0 Å². The predicted octanol–water partition coefficient (Wildman–Crippen LogP) is 2.18. The number of carbonyl (C=O) groups is 2. The molecule has 1 aromatic heterocycles. The fourth-order valence-electron chi connectivity index (χ4n) is 2.84. The monoisotopic (exact) mass is 313 g/mol. The molecular weight excluding hydrogens is 292 g/mol. The van der Waals surface area contributed by atoms with Crippen LogP contribution < -0.4 is 5.32 Å². The number of aromatic nitrogens is 1. The Kier molecular flexibility index (Phi) is 5.15. The third kappa shape index (κ3) is 3.64. The number of hydrogen-bond acceptors (Lipinski definition) is 2. The van der Waals surface area contributed by atoms with Gasteiger partial charge in [-0.15, -0.1) is 0 Å². The molecule has 5 nitrogen and oxygen atoms in total. The van der Waals surface area contributed by atoms with Crippen LogP contribution in [0, 0.1) is 12.8 Å². The van der Waals surface area contributed by atoms with E-state index in [0.29, 0.717) is 18.8 Å². The molecule has 22 heavy (non-hydrogen) atoms. The van der Waals surface area contributed by atoms with Crippen LogP contribution in [-0.4, -0.2) is 40.9 Å². The van der Waals surface area contributed by atoms with Gasteiger partial charge in [0.2, 0.25) is 5.91 Å². The summed E-state index contributed by atoms with van der Waals surface area (Å²) in [4.78, 5) is 25.2. The van der Waals surface area contributed by atoms with E-state index in [1.165, 1.54) is 26.0 Å². The quantitative estimate of drug-likeness (QED) is 0.926. The van der Waals surface area contributed by atoms with E-state index in [4.69, 9.17) is 0 Å². The topological polar surface area (TPSA) is 54.3 Å². The van der Waals surface area contributed by atoms with Gasteiger partial charge in [0.05, 0.1) is 0 Å². The molecule has 0 aromatic carbocycles. The molecule has 0 radical (unpaired) electrons. The lowest BCUT2D eigenvalue weighted by Crippen LogP contribution is -2.43. The second-order valence-electron chi connectivity index (χ2n) is 5.69. The molecule has 2 heterocycles. The molecule has 0 spiro atoms. The van der Waals surface area contributed by atoms with Crippen LogP contribution >= 0.6 is 0 Å². The molecule has 1 fully saturated rings. The summed E-state index contributed by atoms with van der Waals surface area (Å²) in [6, 6.07) is 2.90. The van der Waals surface area contributed by atoms with Crippen LogP contribution in [-0.2, 0) is 4.79 Å². The Labute approximate surface area is 128 Å². The van der Waals surface area contributed by atoms with E-state index in [1.54, 1.807) is 4.90 Å². The van der Waals surface area contributed by atoms with E-state index in [0.717, 1.165) is 24.0 Å². The molecule has 2 amide bonds. The number of piperidine rings is 1. The minimum atomic E-state index is -2.74. The molecule has 1 aliphatic rings. The average molecular weight is 313 g/mol. The highest BCUT2D eigenvalue weighted by molar-refractivity contribution is 5.93. The molecule has 1 atom stereocenters. The maximum absolute atomic E-state index is 13.0. The summed E-state index contributed by atoms with van der Waals surface area (Å²) in [7, 11) is 0. The minimum absolute atomic E-state index is 0.0261. The number of halogens is 2. The number of carbonyl (C=O) groups excluding carboxylic acids is 2. The van der Waals surface area contributed by atoms with Crippen molar-refractivity contribution in [3.8, 4) is 0 Å².